The second kappa shape index (κ2) is 7.38. The molecule has 112 valence electrons. The average Bonchev–Trinajstić information content (AvgIpc) is 2.46. The van der Waals surface area contributed by atoms with E-state index in [1.807, 2.05) is 0 Å². The van der Waals surface area contributed by atoms with Crippen LogP contribution in [0.15, 0.2) is 42.5 Å². The first kappa shape index (κ1) is 15.7. The van der Waals surface area contributed by atoms with Crippen LogP contribution in [0.3, 0.4) is 0 Å². The van der Waals surface area contributed by atoms with Crippen molar-refractivity contribution >= 4 is 28.1 Å². The summed E-state index contributed by atoms with van der Waals surface area (Å²) < 4.78 is 0. The van der Waals surface area contributed by atoms with Gasteiger partial charge < -0.3 is 15.5 Å². The highest BCUT2D eigenvalue weighted by molar-refractivity contribution is 7.80. The first-order chi connectivity index (χ1) is 10.1. The maximum absolute atomic E-state index is 5.36. The Balaban J connectivity index is 2.02. The van der Waals surface area contributed by atoms with E-state index in [9.17, 15) is 0 Å². The Morgan fingerprint density at radius 2 is 1.86 bits per heavy atom. The molecular formula is C17H23N3S. The maximum Gasteiger partial charge on any atom is 0.166 e. The molecule has 0 aliphatic rings. The Hall–Kier alpha value is -1.65. The number of fused-ring (bicyclic) bond motifs is 1. The van der Waals surface area contributed by atoms with Crippen molar-refractivity contribution in [3.05, 3.63) is 48.0 Å². The van der Waals surface area contributed by atoms with Crippen LogP contribution < -0.4 is 10.6 Å². The van der Waals surface area contributed by atoms with Gasteiger partial charge in [-0.1, -0.05) is 42.5 Å². The van der Waals surface area contributed by atoms with E-state index in [0.29, 0.717) is 5.11 Å². The fourth-order valence-corrected chi connectivity index (χ4v) is 2.63. The van der Waals surface area contributed by atoms with E-state index in [1.165, 1.54) is 16.3 Å². The van der Waals surface area contributed by atoms with Crippen LogP contribution in [-0.4, -0.2) is 37.2 Å². The molecule has 1 atom stereocenters. The summed E-state index contributed by atoms with van der Waals surface area (Å²) in [5.74, 6) is 0. The molecule has 0 amide bonds. The molecular weight excluding hydrogens is 278 g/mol. The van der Waals surface area contributed by atoms with Gasteiger partial charge in [-0.15, -0.1) is 0 Å². The molecule has 0 saturated carbocycles. The normalized spacial score (nSPS) is 12.4. The molecule has 0 aliphatic heterocycles. The van der Waals surface area contributed by atoms with Gasteiger partial charge in [-0.05, 0) is 49.6 Å². The molecule has 0 aliphatic carbocycles. The number of rotatable bonds is 5. The molecule has 0 spiro atoms. The highest BCUT2D eigenvalue weighted by Gasteiger charge is 2.09. The molecule has 0 unspecified atom stereocenters. The Morgan fingerprint density at radius 1 is 1.14 bits per heavy atom. The number of nitrogens with one attached hydrogen (secondary N) is 2. The Kier molecular flexibility index (Phi) is 5.53. The lowest BCUT2D eigenvalue weighted by Gasteiger charge is -2.19. The van der Waals surface area contributed by atoms with Crippen molar-refractivity contribution < 1.29 is 0 Å². The van der Waals surface area contributed by atoms with Crippen LogP contribution in [0.25, 0.3) is 10.8 Å². The van der Waals surface area contributed by atoms with Gasteiger partial charge in [0.15, 0.2) is 5.11 Å². The minimum atomic E-state index is 0.176. The van der Waals surface area contributed by atoms with Crippen LogP contribution in [-0.2, 0) is 0 Å². The number of hydrogen-bond acceptors (Lipinski definition) is 2. The Morgan fingerprint density at radius 3 is 2.62 bits per heavy atom. The highest BCUT2D eigenvalue weighted by atomic mass is 32.1. The van der Waals surface area contributed by atoms with Crippen molar-refractivity contribution in [2.45, 2.75) is 13.0 Å². The Bertz CT molecular complexity index is 605. The number of likely N-dealkylation sites (N-methyl/N-ethyl adjacent to an activating group) is 1. The smallest absolute Gasteiger partial charge is 0.166 e. The first-order valence-electron chi connectivity index (χ1n) is 7.24. The summed E-state index contributed by atoms with van der Waals surface area (Å²) in [6.07, 6.45) is 0. The van der Waals surface area contributed by atoms with Crippen LogP contribution in [0.1, 0.15) is 18.5 Å². The third-order valence-electron chi connectivity index (χ3n) is 3.48. The summed E-state index contributed by atoms with van der Waals surface area (Å²) in [6.45, 7) is 3.95. The third-order valence-corrected chi connectivity index (χ3v) is 3.74. The fourth-order valence-electron chi connectivity index (χ4n) is 2.35. The molecule has 0 aromatic heterocycles. The Labute approximate surface area is 132 Å². The third kappa shape index (κ3) is 4.41. The summed E-state index contributed by atoms with van der Waals surface area (Å²) in [6, 6.07) is 15.0. The number of nitrogens with zero attached hydrogens (tertiary/aromatic N) is 1. The van der Waals surface area contributed by atoms with E-state index in [0.717, 1.165) is 13.1 Å². The van der Waals surface area contributed by atoms with Gasteiger partial charge in [-0.25, -0.2) is 0 Å². The first-order valence-corrected chi connectivity index (χ1v) is 7.65. The molecule has 0 radical (unpaired) electrons. The lowest BCUT2D eigenvalue weighted by atomic mass is 10.00. The molecule has 0 heterocycles. The van der Waals surface area contributed by atoms with Gasteiger partial charge in [0.1, 0.15) is 0 Å². The molecule has 0 saturated heterocycles. The second-order valence-corrected chi connectivity index (χ2v) is 5.90. The van der Waals surface area contributed by atoms with Crippen molar-refractivity contribution in [3.63, 3.8) is 0 Å². The summed E-state index contributed by atoms with van der Waals surface area (Å²) in [5.41, 5.74) is 1.27. The quantitative estimate of drug-likeness (QED) is 0.831. The molecule has 3 nitrogen and oxygen atoms in total. The summed E-state index contributed by atoms with van der Waals surface area (Å²) in [7, 11) is 4.10. The zero-order valence-electron chi connectivity index (χ0n) is 12.9. The number of thiocarbonyl (C=S) groups is 1. The minimum Gasteiger partial charge on any atom is -0.361 e. The zero-order valence-corrected chi connectivity index (χ0v) is 13.7. The van der Waals surface area contributed by atoms with Crippen LogP contribution in [0, 0.1) is 0 Å². The standard InChI is InChI=1S/C17H23N3S/c1-13(19-17(21)18-11-12-20(2)3)15-10-6-8-14-7-4-5-9-16(14)15/h4-10,13H,11-12H2,1-3H3,(H2,18,19,21)/t13-/m1/s1. The van der Waals surface area contributed by atoms with Crippen LogP contribution in [0.2, 0.25) is 0 Å². The molecule has 0 fully saturated rings. The average molecular weight is 301 g/mol. The van der Waals surface area contributed by atoms with Crippen LogP contribution >= 0.6 is 12.2 Å². The van der Waals surface area contributed by atoms with E-state index in [1.54, 1.807) is 0 Å². The molecule has 2 aromatic rings. The minimum absolute atomic E-state index is 0.176. The van der Waals surface area contributed by atoms with Crippen LogP contribution in [0.5, 0.6) is 0 Å². The van der Waals surface area contributed by atoms with Crippen molar-refractivity contribution in [2.24, 2.45) is 0 Å². The van der Waals surface area contributed by atoms with E-state index in [4.69, 9.17) is 12.2 Å². The van der Waals surface area contributed by atoms with Crippen molar-refractivity contribution in [3.8, 4) is 0 Å². The molecule has 2 aromatic carbocycles. The zero-order chi connectivity index (χ0) is 15.2. The van der Waals surface area contributed by atoms with E-state index in [2.05, 4.69) is 79.0 Å². The van der Waals surface area contributed by atoms with Gasteiger partial charge in [0.25, 0.3) is 0 Å². The van der Waals surface area contributed by atoms with E-state index >= 15 is 0 Å². The lowest BCUT2D eigenvalue weighted by Crippen LogP contribution is -2.39. The van der Waals surface area contributed by atoms with Crippen LogP contribution in [0.4, 0.5) is 0 Å². The van der Waals surface area contributed by atoms with Crippen molar-refractivity contribution in [1.82, 2.24) is 15.5 Å². The molecule has 21 heavy (non-hydrogen) atoms. The molecule has 2 rings (SSSR count). The molecule has 0 bridgehead atoms. The van der Waals surface area contributed by atoms with Gasteiger partial charge >= 0.3 is 0 Å². The van der Waals surface area contributed by atoms with E-state index in [-0.39, 0.29) is 6.04 Å². The van der Waals surface area contributed by atoms with Gasteiger partial charge in [0.05, 0.1) is 6.04 Å². The summed E-state index contributed by atoms with van der Waals surface area (Å²) in [5, 5.41) is 9.84. The van der Waals surface area contributed by atoms with Gasteiger partial charge in [-0.3, -0.25) is 0 Å². The highest BCUT2D eigenvalue weighted by Crippen LogP contribution is 2.23. The summed E-state index contributed by atoms with van der Waals surface area (Å²) >= 11 is 5.36. The van der Waals surface area contributed by atoms with Gasteiger partial charge in [-0.2, -0.15) is 0 Å². The largest absolute Gasteiger partial charge is 0.361 e. The SMILES string of the molecule is C[C@@H](NC(=S)NCCN(C)C)c1cccc2ccccc12. The second-order valence-electron chi connectivity index (χ2n) is 5.49. The fraction of sp³-hybridized carbons (Fsp3) is 0.353. The maximum atomic E-state index is 5.36. The van der Waals surface area contributed by atoms with Crippen molar-refractivity contribution in [1.29, 1.82) is 0 Å². The van der Waals surface area contributed by atoms with Gasteiger partial charge in [0.2, 0.25) is 0 Å². The molecule has 2 N–H and O–H groups in total. The predicted octanol–water partition coefficient (Wildman–Crippen LogP) is 2.93. The monoisotopic (exact) mass is 301 g/mol. The predicted molar refractivity (Wildman–Crippen MR) is 94.7 cm³/mol. The topological polar surface area (TPSA) is 27.3 Å². The molecule has 4 heteroatoms. The van der Waals surface area contributed by atoms with Crippen molar-refractivity contribution in [2.75, 3.05) is 27.2 Å². The number of benzene rings is 2. The van der Waals surface area contributed by atoms with E-state index < -0.39 is 0 Å². The lowest BCUT2D eigenvalue weighted by molar-refractivity contribution is 0.412. The summed E-state index contributed by atoms with van der Waals surface area (Å²) in [4.78, 5) is 2.13. The van der Waals surface area contributed by atoms with Gasteiger partial charge in [0, 0.05) is 13.1 Å². The number of hydrogen-bond donors (Lipinski definition) is 2.